The van der Waals surface area contributed by atoms with Crippen molar-refractivity contribution in [3.8, 4) is 11.4 Å². The van der Waals surface area contributed by atoms with Gasteiger partial charge in [-0.05, 0) is 24.3 Å². The molecule has 86 valence electrons. The smallest absolute Gasteiger partial charge is 0.356 e. The van der Waals surface area contributed by atoms with Gasteiger partial charge in [-0.3, -0.25) is 4.98 Å². The van der Waals surface area contributed by atoms with Gasteiger partial charge in [0.2, 0.25) is 0 Å². The van der Waals surface area contributed by atoms with Gasteiger partial charge < -0.3 is 10.8 Å². The minimum atomic E-state index is -1.17. The molecule has 0 saturated carbocycles. The van der Waals surface area contributed by atoms with Crippen LogP contribution in [0.3, 0.4) is 0 Å². The van der Waals surface area contributed by atoms with Gasteiger partial charge in [0.1, 0.15) is 0 Å². The molecule has 0 aliphatic heterocycles. The van der Waals surface area contributed by atoms with Gasteiger partial charge in [0.05, 0.1) is 22.1 Å². The van der Waals surface area contributed by atoms with Crippen molar-refractivity contribution < 1.29 is 9.90 Å². The van der Waals surface area contributed by atoms with Crippen LogP contribution in [0.4, 0.5) is 5.69 Å². The maximum absolute atomic E-state index is 10.9. The van der Waals surface area contributed by atoms with Crippen LogP contribution >= 0.6 is 11.6 Å². The Balaban J connectivity index is 2.50. The zero-order valence-electron chi connectivity index (χ0n) is 8.59. The number of carboxylic acid groups (broad SMARTS) is 1. The first kappa shape index (κ1) is 11.3. The van der Waals surface area contributed by atoms with Crippen LogP contribution < -0.4 is 5.73 Å². The van der Waals surface area contributed by atoms with Crippen LogP contribution in [-0.2, 0) is 0 Å². The average Bonchev–Trinajstić information content (AvgIpc) is 2.30. The van der Waals surface area contributed by atoms with Crippen LogP contribution in [0.5, 0.6) is 0 Å². The fraction of sp³-hybridized carbons (Fsp3) is 0. The molecule has 2 aromatic rings. The predicted molar refractivity (Wildman–Crippen MR) is 63.8 cm³/mol. The Bertz CT molecular complexity index is 569. The molecular formula is C11H8ClN3O2. The summed E-state index contributed by atoms with van der Waals surface area (Å²) in [6.07, 6.45) is 1.47. The highest BCUT2D eigenvalue weighted by Gasteiger charge is 2.11. The van der Waals surface area contributed by atoms with Gasteiger partial charge in [-0.15, -0.1) is 0 Å². The number of rotatable bonds is 2. The Morgan fingerprint density at radius 1 is 1.24 bits per heavy atom. The molecular weight excluding hydrogens is 242 g/mol. The summed E-state index contributed by atoms with van der Waals surface area (Å²) in [5.41, 5.74) is 6.42. The second kappa shape index (κ2) is 4.39. The number of aromatic nitrogens is 2. The molecule has 0 fully saturated rings. The molecule has 3 N–H and O–H groups in total. The van der Waals surface area contributed by atoms with Gasteiger partial charge in [-0.2, -0.15) is 0 Å². The van der Waals surface area contributed by atoms with E-state index in [1.54, 1.807) is 18.2 Å². The summed E-state index contributed by atoms with van der Waals surface area (Å²) in [5, 5.41) is 9.40. The Hall–Kier alpha value is -2.14. The Morgan fingerprint density at radius 2 is 1.94 bits per heavy atom. The third-order valence-electron chi connectivity index (χ3n) is 2.12. The van der Waals surface area contributed by atoms with Gasteiger partial charge >= 0.3 is 5.97 Å². The van der Waals surface area contributed by atoms with Crippen molar-refractivity contribution in [3.05, 3.63) is 41.2 Å². The van der Waals surface area contributed by atoms with Crippen LogP contribution in [-0.4, -0.2) is 21.0 Å². The van der Waals surface area contributed by atoms with E-state index in [4.69, 9.17) is 22.4 Å². The monoisotopic (exact) mass is 249 g/mol. The minimum absolute atomic E-state index is 0.121. The molecule has 0 spiro atoms. The molecule has 0 amide bonds. The van der Waals surface area contributed by atoms with Crippen molar-refractivity contribution >= 4 is 23.3 Å². The standard InChI is InChI=1S/C11H8ClN3O2/c12-6-1-3-8(14-5-6)9-4-2-7(13)10(15-9)11(16)17/h1-5H,13H2,(H,16,17). The molecule has 0 radical (unpaired) electrons. The number of halogens is 1. The molecule has 0 bridgehead atoms. The van der Waals surface area contributed by atoms with E-state index in [0.717, 1.165) is 0 Å². The van der Waals surface area contributed by atoms with E-state index in [2.05, 4.69) is 9.97 Å². The molecule has 0 atom stereocenters. The number of hydrogen-bond acceptors (Lipinski definition) is 4. The van der Waals surface area contributed by atoms with E-state index in [-0.39, 0.29) is 11.4 Å². The normalized spacial score (nSPS) is 10.2. The summed E-state index contributed by atoms with van der Waals surface area (Å²) in [6, 6.07) is 6.41. The van der Waals surface area contributed by atoms with Crippen molar-refractivity contribution in [2.45, 2.75) is 0 Å². The number of anilines is 1. The number of aromatic carboxylic acids is 1. The largest absolute Gasteiger partial charge is 0.476 e. The molecule has 6 heteroatoms. The summed E-state index contributed by atoms with van der Waals surface area (Å²) in [4.78, 5) is 18.9. The number of nitrogens with zero attached hydrogens (tertiary/aromatic N) is 2. The maximum Gasteiger partial charge on any atom is 0.356 e. The lowest BCUT2D eigenvalue weighted by Crippen LogP contribution is -2.06. The highest BCUT2D eigenvalue weighted by atomic mass is 35.5. The highest BCUT2D eigenvalue weighted by Crippen LogP contribution is 2.19. The number of pyridine rings is 2. The van der Waals surface area contributed by atoms with Crippen molar-refractivity contribution in [2.24, 2.45) is 0 Å². The van der Waals surface area contributed by atoms with Crippen LogP contribution in [0.2, 0.25) is 5.02 Å². The summed E-state index contributed by atoms with van der Waals surface area (Å²) >= 11 is 5.71. The van der Waals surface area contributed by atoms with Crippen LogP contribution in [0.1, 0.15) is 10.5 Å². The van der Waals surface area contributed by atoms with E-state index in [1.165, 1.54) is 12.3 Å². The third kappa shape index (κ3) is 2.34. The van der Waals surface area contributed by atoms with Gasteiger partial charge in [0, 0.05) is 6.20 Å². The molecule has 0 unspecified atom stereocenters. The fourth-order valence-electron chi connectivity index (χ4n) is 1.31. The topological polar surface area (TPSA) is 89.1 Å². The van der Waals surface area contributed by atoms with Gasteiger partial charge in [-0.1, -0.05) is 11.6 Å². The van der Waals surface area contributed by atoms with Crippen molar-refractivity contribution in [2.75, 3.05) is 5.73 Å². The highest BCUT2D eigenvalue weighted by molar-refractivity contribution is 6.30. The first-order valence-corrected chi connectivity index (χ1v) is 5.07. The fourth-order valence-corrected chi connectivity index (χ4v) is 1.42. The summed E-state index contributed by atoms with van der Waals surface area (Å²) in [5.74, 6) is -1.17. The number of hydrogen-bond donors (Lipinski definition) is 2. The quantitative estimate of drug-likeness (QED) is 0.851. The zero-order chi connectivity index (χ0) is 12.4. The molecule has 2 heterocycles. The summed E-state index contributed by atoms with van der Waals surface area (Å²) < 4.78 is 0. The molecule has 2 rings (SSSR count). The number of nitrogen functional groups attached to an aromatic ring is 1. The van der Waals surface area contributed by atoms with E-state index in [9.17, 15) is 4.79 Å². The zero-order valence-corrected chi connectivity index (χ0v) is 9.35. The Kier molecular flexibility index (Phi) is 2.93. The van der Waals surface area contributed by atoms with E-state index in [0.29, 0.717) is 16.4 Å². The van der Waals surface area contributed by atoms with Gasteiger partial charge in [0.15, 0.2) is 5.69 Å². The molecule has 0 aliphatic rings. The SMILES string of the molecule is Nc1ccc(-c2ccc(Cl)cn2)nc1C(=O)O. The molecule has 2 aromatic heterocycles. The minimum Gasteiger partial charge on any atom is -0.476 e. The van der Waals surface area contributed by atoms with Crippen molar-refractivity contribution in [3.63, 3.8) is 0 Å². The van der Waals surface area contributed by atoms with Crippen molar-refractivity contribution in [1.29, 1.82) is 0 Å². The molecule has 0 aromatic carbocycles. The van der Waals surface area contributed by atoms with Gasteiger partial charge in [-0.25, -0.2) is 9.78 Å². The lowest BCUT2D eigenvalue weighted by Gasteiger charge is -2.04. The first-order valence-electron chi connectivity index (χ1n) is 4.69. The second-order valence-electron chi connectivity index (χ2n) is 3.30. The molecule has 5 nitrogen and oxygen atoms in total. The Morgan fingerprint density at radius 3 is 2.53 bits per heavy atom. The summed E-state index contributed by atoms with van der Waals surface area (Å²) in [6.45, 7) is 0. The van der Waals surface area contributed by atoms with Gasteiger partial charge in [0.25, 0.3) is 0 Å². The van der Waals surface area contributed by atoms with Crippen molar-refractivity contribution in [1.82, 2.24) is 9.97 Å². The molecule has 17 heavy (non-hydrogen) atoms. The number of carboxylic acids is 1. The average molecular weight is 250 g/mol. The number of carbonyl (C=O) groups is 1. The Labute approximate surface area is 102 Å². The summed E-state index contributed by atoms with van der Waals surface area (Å²) in [7, 11) is 0. The van der Waals surface area contributed by atoms with Crippen LogP contribution in [0.25, 0.3) is 11.4 Å². The first-order chi connectivity index (χ1) is 8.08. The lowest BCUT2D eigenvalue weighted by molar-refractivity contribution is 0.0692. The van der Waals surface area contributed by atoms with Crippen LogP contribution in [0.15, 0.2) is 30.5 Å². The van der Waals surface area contributed by atoms with E-state index in [1.807, 2.05) is 0 Å². The lowest BCUT2D eigenvalue weighted by atomic mass is 10.2. The predicted octanol–water partition coefficient (Wildman–Crippen LogP) is 2.08. The van der Waals surface area contributed by atoms with E-state index >= 15 is 0 Å². The molecule has 0 saturated heterocycles. The maximum atomic E-state index is 10.9. The third-order valence-corrected chi connectivity index (χ3v) is 2.34. The molecule has 0 aliphatic carbocycles. The number of nitrogens with two attached hydrogens (primary N) is 1. The van der Waals surface area contributed by atoms with E-state index < -0.39 is 5.97 Å². The second-order valence-corrected chi connectivity index (χ2v) is 3.74. The van der Waals surface area contributed by atoms with Crippen LogP contribution in [0, 0.1) is 0 Å².